The Morgan fingerprint density at radius 1 is 1.44 bits per heavy atom. The summed E-state index contributed by atoms with van der Waals surface area (Å²) >= 11 is 1.78. The number of hydrogen-bond acceptors (Lipinski definition) is 4. The maximum Gasteiger partial charge on any atom is 0.0632 e. The largest absolute Gasteiger partial charge is 0.383 e. The van der Waals surface area contributed by atoms with Crippen LogP contribution < -0.4 is 11.3 Å². The number of ether oxygens (including phenoxy) is 1. The van der Waals surface area contributed by atoms with E-state index in [1.54, 1.807) is 18.4 Å². The molecule has 0 aliphatic carbocycles. The first-order valence-corrected chi connectivity index (χ1v) is 6.13. The Kier molecular flexibility index (Phi) is 3.90. The van der Waals surface area contributed by atoms with Crippen LogP contribution in [0.5, 0.6) is 0 Å². The highest BCUT2D eigenvalue weighted by Crippen LogP contribution is 2.26. The van der Waals surface area contributed by atoms with E-state index in [-0.39, 0.29) is 6.04 Å². The lowest BCUT2D eigenvalue weighted by molar-refractivity contribution is 0.166. The minimum atomic E-state index is 0.169. The fraction of sp³-hybridized carbons (Fsp3) is 0.333. The molecular weight excluding hydrogens is 220 g/mol. The lowest BCUT2D eigenvalue weighted by Gasteiger charge is -2.13. The van der Waals surface area contributed by atoms with Crippen molar-refractivity contribution in [2.24, 2.45) is 5.84 Å². The molecule has 0 aliphatic rings. The summed E-state index contributed by atoms with van der Waals surface area (Å²) in [6.07, 6.45) is 0.897. The van der Waals surface area contributed by atoms with E-state index in [4.69, 9.17) is 10.6 Å². The number of benzene rings is 1. The van der Waals surface area contributed by atoms with Crippen LogP contribution in [0.4, 0.5) is 0 Å². The van der Waals surface area contributed by atoms with E-state index in [1.165, 1.54) is 15.6 Å². The summed E-state index contributed by atoms with van der Waals surface area (Å²) in [4.78, 5) is 0. The highest BCUT2D eigenvalue weighted by molar-refractivity contribution is 7.17. The summed E-state index contributed by atoms with van der Waals surface area (Å²) < 4.78 is 6.44. The van der Waals surface area contributed by atoms with Gasteiger partial charge in [0.25, 0.3) is 0 Å². The summed E-state index contributed by atoms with van der Waals surface area (Å²) in [6, 6.07) is 8.60. The third kappa shape index (κ3) is 2.41. The summed E-state index contributed by atoms with van der Waals surface area (Å²) in [6.45, 7) is 0.626. The van der Waals surface area contributed by atoms with Gasteiger partial charge in [0, 0.05) is 17.9 Å². The van der Waals surface area contributed by atoms with Crippen molar-refractivity contribution in [1.82, 2.24) is 5.43 Å². The second-order valence-corrected chi connectivity index (χ2v) is 4.69. The van der Waals surface area contributed by atoms with Crippen molar-refractivity contribution >= 4 is 21.4 Å². The van der Waals surface area contributed by atoms with E-state index < -0.39 is 0 Å². The van der Waals surface area contributed by atoms with Gasteiger partial charge in [0.15, 0.2) is 0 Å². The van der Waals surface area contributed by atoms with Gasteiger partial charge < -0.3 is 4.74 Å². The highest BCUT2D eigenvalue weighted by atomic mass is 32.1. The van der Waals surface area contributed by atoms with Gasteiger partial charge >= 0.3 is 0 Å². The molecule has 0 bridgehead atoms. The van der Waals surface area contributed by atoms with Crippen molar-refractivity contribution in [3.05, 3.63) is 35.2 Å². The first-order chi connectivity index (χ1) is 7.85. The molecule has 2 aromatic rings. The first kappa shape index (κ1) is 11.5. The number of hydrazine groups is 1. The topological polar surface area (TPSA) is 47.3 Å². The second-order valence-electron chi connectivity index (χ2n) is 3.78. The molecule has 1 aromatic carbocycles. The maximum atomic E-state index is 5.49. The number of fused-ring (bicyclic) bond motifs is 1. The normalized spacial score (nSPS) is 13.1. The number of nitrogens with one attached hydrogen (secondary N) is 1. The molecular formula is C12H16N2OS. The maximum absolute atomic E-state index is 5.49. The van der Waals surface area contributed by atoms with Gasteiger partial charge in [-0.1, -0.05) is 18.2 Å². The fourth-order valence-electron chi connectivity index (χ4n) is 1.82. The zero-order valence-corrected chi connectivity index (χ0v) is 10.1. The minimum absolute atomic E-state index is 0.169. The van der Waals surface area contributed by atoms with Crippen LogP contribution in [-0.4, -0.2) is 19.8 Å². The van der Waals surface area contributed by atoms with Gasteiger partial charge in [-0.15, -0.1) is 11.3 Å². The van der Waals surface area contributed by atoms with Gasteiger partial charge in [-0.05, 0) is 28.8 Å². The third-order valence-corrected chi connectivity index (χ3v) is 3.64. The van der Waals surface area contributed by atoms with Gasteiger partial charge in [-0.2, -0.15) is 0 Å². The lowest BCUT2D eigenvalue weighted by Crippen LogP contribution is -2.40. The molecule has 4 heteroatoms. The van der Waals surface area contributed by atoms with E-state index in [1.807, 2.05) is 0 Å². The Balaban J connectivity index is 2.20. The van der Waals surface area contributed by atoms with Gasteiger partial charge in [0.1, 0.15) is 0 Å². The Morgan fingerprint density at radius 3 is 3.00 bits per heavy atom. The third-order valence-electron chi connectivity index (χ3n) is 2.63. The molecule has 16 heavy (non-hydrogen) atoms. The molecule has 1 aromatic heterocycles. The van der Waals surface area contributed by atoms with Gasteiger partial charge in [-0.3, -0.25) is 11.3 Å². The van der Waals surface area contributed by atoms with Gasteiger partial charge in [-0.25, -0.2) is 0 Å². The van der Waals surface area contributed by atoms with Crippen LogP contribution in [0.3, 0.4) is 0 Å². The molecule has 0 spiro atoms. The average Bonchev–Trinajstić information content (AvgIpc) is 2.72. The smallest absolute Gasteiger partial charge is 0.0632 e. The minimum Gasteiger partial charge on any atom is -0.383 e. The molecule has 0 amide bonds. The van der Waals surface area contributed by atoms with Crippen LogP contribution >= 0.6 is 11.3 Å². The molecule has 0 radical (unpaired) electrons. The summed E-state index contributed by atoms with van der Waals surface area (Å²) in [7, 11) is 1.69. The number of nitrogens with two attached hydrogens (primary N) is 1. The number of hydrogen-bond donors (Lipinski definition) is 2. The Hall–Kier alpha value is -0.940. The Morgan fingerprint density at radius 2 is 2.25 bits per heavy atom. The van der Waals surface area contributed by atoms with Crippen LogP contribution in [-0.2, 0) is 11.2 Å². The standard InChI is InChI=1S/C12H16N2OS/c1-15-7-10(14-13)6-9-8-16-12-5-3-2-4-11(9)12/h2-5,8,10,14H,6-7,13H2,1H3. The monoisotopic (exact) mass is 236 g/mol. The molecule has 3 N–H and O–H groups in total. The van der Waals surface area contributed by atoms with Crippen LogP contribution in [0.1, 0.15) is 5.56 Å². The van der Waals surface area contributed by atoms with Gasteiger partial charge in [0.05, 0.1) is 6.61 Å². The Labute approximate surface area is 99.2 Å². The second kappa shape index (κ2) is 5.41. The zero-order chi connectivity index (χ0) is 11.4. The van der Waals surface area contributed by atoms with Gasteiger partial charge in [0.2, 0.25) is 0 Å². The summed E-state index contributed by atoms with van der Waals surface area (Å²) in [5.41, 5.74) is 4.12. The van der Waals surface area contributed by atoms with E-state index >= 15 is 0 Å². The molecule has 1 unspecified atom stereocenters. The average molecular weight is 236 g/mol. The predicted molar refractivity (Wildman–Crippen MR) is 68.5 cm³/mol. The van der Waals surface area contributed by atoms with Crippen molar-refractivity contribution in [3.63, 3.8) is 0 Å². The summed E-state index contributed by atoms with van der Waals surface area (Å²) in [5.74, 6) is 5.49. The van der Waals surface area contributed by atoms with E-state index in [2.05, 4.69) is 35.1 Å². The molecule has 1 atom stereocenters. The molecule has 2 rings (SSSR count). The van der Waals surface area contributed by atoms with E-state index in [9.17, 15) is 0 Å². The first-order valence-electron chi connectivity index (χ1n) is 5.25. The lowest BCUT2D eigenvalue weighted by atomic mass is 10.1. The van der Waals surface area contributed by atoms with Crippen LogP contribution in [0.25, 0.3) is 10.1 Å². The van der Waals surface area contributed by atoms with Crippen molar-refractivity contribution in [2.45, 2.75) is 12.5 Å². The van der Waals surface area contributed by atoms with Crippen LogP contribution in [0.2, 0.25) is 0 Å². The number of rotatable bonds is 5. The van der Waals surface area contributed by atoms with Crippen molar-refractivity contribution in [1.29, 1.82) is 0 Å². The summed E-state index contributed by atoms with van der Waals surface area (Å²) in [5, 5.41) is 3.52. The molecule has 86 valence electrons. The molecule has 0 saturated heterocycles. The SMILES string of the molecule is COCC(Cc1csc2ccccc12)NN. The zero-order valence-electron chi connectivity index (χ0n) is 9.27. The fourth-order valence-corrected chi connectivity index (χ4v) is 2.80. The molecule has 0 saturated carbocycles. The number of thiophene rings is 1. The molecule has 3 nitrogen and oxygen atoms in total. The molecule has 1 heterocycles. The molecule has 0 fully saturated rings. The van der Waals surface area contributed by atoms with Crippen molar-refractivity contribution in [2.75, 3.05) is 13.7 Å². The van der Waals surface area contributed by atoms with Crippen LogP contribution in [0, 0.1) is 0 Å². The molecule has 0 aliphatic heterocycles. The quantitative estimate of drug-likeness (QED) is 0.616. The van der Waals surface area contributed by atoms with Crippen molar-refractivity contribution in [3.8, 4) is 0 Å². The predicted octanol–water partition coefficient (Wildman–Crippen LogP) is 1.92. The highest BCUT2D eigenvalue weighted by Gasteiger charge is 2.10. The van der Waals surface area contributed by atoms with E-state index in [0.29, 0.717) is 6.61 Å². The number of methoxy groups -OCH3 is 1. The Bertz CT molecular complexity index is 455. The van der Waals surface area contributed by atoms with E-state index in [0.717, 1.165) is 6.42 Å². The van der Waals surface area contributed by atoms with Crippen molar-refractivity contribution < 1.29 is 4.74 Å². The van der Waals surface area contributed by atoms with Crippen LogP contribution in [0.15, 0.2) is 29.6 Å².